The summed E-state index contributed by atoms with van der Waals surface area (Å²) in [6.07, 6.45) is 0.471. The number of aryl methyl sites for hydroxylation is 1. The molecule has 5 heteroatoms. The van der Waals surface area contributed by atoms with Gasteiger partial charge in [-0.2, -0.15) is 0 Å². The molecule has 1 unspecified atom stereocenters. The second kappa shape index (κ2) is 5.29. The zero-order valence-electron chi connectivity index (χ0n) is 12.4. The van der Waals surface area contributed by atoms with Crippen LogP contribution in [0.1, 0.15) is 45.2 Å². The highest BCUT2D eigenvalue weighted by atomic mass is 35.5. The van der Waals surface area contributed by atoms with Crippen molar-refractivity contribution >= 4 is 23.4 Å². The number of nitrogens with zero attached hydrogens (tertiary/aromatic N) is 1. The van der Waals surface area contributed by atoms with Crippen LogP contribution in [0.5, 0.6) is 0 Å². The molecule has 0 bridgehead atoms. The molecule has 1 atom stereocenters. The van der Waals surface area contributed by atoms with Gasteiger partial charge in [-0.05, 0) is 25.8 Å². The van der Waals surface area contributed by atoms with E-state index in [4.69, 9.17) is 11.6 Å². The van der Waals surface area contributed by atoms with Gasteiger partial charge in [-0.1, -0.05) is 41.4 Å². The maximum atomic E-state index is 12.8. The number of benzene rings is 1. The van der Waals surface area contributed by atoms with Crippen LogP contribution in [0, 0.1) is 13.8 Å². The normalized spacial score (nSPS) is 16.6. The van der Waals surface area contributed by atoms with Gasteiger partial charge in [0.15, 0.2) is 0 Å². The van der Waals surface area contributed by atoms with E-state index >= 15 is 0 Å². The van der Waals surface area contributed by atoms with Crippen molar-refractivity contribution in [2.45, 2.75) is 32.7 Å². The van der Waals surface area contributed by atoms with Crippen LogP contribution in [0.25, 0.3) is 0 Å². The van der Waals surface area contributed by atoms with Crippen LogP contribution in [0.15, 0.2) is 24.3 Å². The Morgan fingerprint density at radius 3 is 2.45 bits per heavy atom. The molecule has 0 fully saturated rings. The SMILES string of the molecule is Cc1ccc(C(=O)c2c(C)c(Cl)c3n2CCC3C(=O)O)cc1. The van der Waals surface area contributed by atoms with Crippen LogP contribution < -0.4 is 0 Å². The molecular weight excluding hydrogens is 302 g/mol. The van der Waals surface area contributed by atoms with Crippen molar-refractivity contribution in [1.82, 2.24) is 4.57 Å². The average molecular weight is 318 g/mol. The van der Waals surface area contributed by atoms with Crippen LogP contribution in [0.3, 0.4) is 0 Å². The van der Waals surface area contributed by atoms with E-state index in [9.17, 15) is 14.7 Å². The highest BCUT2D eigenvalue weighted by Crippen LogP contribution is 2.40. The van der Waals surface area contributed by atoms with Gasteiger partial charge >= 0.3 is 5.97 Å². The average Bonchev–Trinajstić information content (AvgIpc) is 3.00. The van der Waals surface area contributed by atoms with Crippen molar-refractivity contribution in [2.24, 2.45) is 0 Å². The first kappa shape index (κ1) is 14.9. The van der Waals surface area contributed by atoms with E-state index < -0.39 is 11.9 Å². The van der Waals surface area contributed by atoms with E-state index in [1.807, 2.05) is 19.1 Å². The number of fused-ring (bicyclic) bond motifs is 1. The first-order valence-electron chi connectivity index (χ1n) is 7.14. The summed E-state index contributed by atoms with van der Waals surface area (Å²) in [6, 6.07) is 7.35. The van der Waals surface area contributed by atoms with Gasteiger partial charge in [-0.25, -0.2) is 0 Å². The zero-order chi connectivity index (χ0) is 16.0. The summed E-state index contributed by atoms with van der Waals surface area (Å²) < 4.78 is 1.78. The summed E-state index contributed by atoms with van der Waals surface area (Å²) >= 11 is 6.32. The topological polar surface area (TPSA) is 59.3 Å². The summed E-state index contributed by atoms with van der Waals surface area (Å²) in [5.41, 5.74) is 3.39. The van der Waals surface area contributed by atoms with Crippen molar-refractivity contribution in [2.75, 3.05) is 0 Å². The molecule has 1 N–H and O–H groups in total. The number of hydrogen-bond donors (Lipinski definition) is 1. The van der Waals surface area contributed by atoms with Crippen LogP contribution >= 0.6 is 11.6 Å². The van der Waals surface area contributed by atoms with Gasteiger partial charge in [0.1, 0.15) is 5.92 Å². The molecule has 3 rings (SSSR count). The lowest BCUT2D eigenvalue weighted by molar-refractivity contribution is -0.138. The molecule has 0 saturated carbocycles. The number of rotatable bonds is 3. The number of ketones is 1. The van der Waals surface area contributed by atoms with E-state index in [-0.39, 0.29) is 5.78 Å². The Balaban J connectivity index is 2.11. The Morgan fingerprint density at radius 2 is 1.86 bits per heavy atom. The van der Waals surface area contributed by atoms with Gasteiger partial charge in [-0.15, -0.1) is 0 Å². The first-order chi connectivity index (χ1) is 10.4. The standard InChI is InChI=1S/C17H16ClNO3/c1-9-3-5-11(6-4-9)16(20)14-10(2)13(18)15-12(17(21)22)7-8-19(14)15/h3-6,12H,7-8H2,1-2H3,(H,21,22). The lowest BCUT2D eigenvalue weighted by Gasteiger charge is -2.07. The third-order valence-electron chi connectivity index (χ3n) is 4.27. The van der Waals surface area contributed by atoms with Crippen molar-refractivity contribution in [3.63, 3.8) is 0 Å². The van der Waals surface area contributed by atoms with Crippen molar-refractivity contribution in [1.29, 1.82) is 0 Å². The van der Waals surface area contributed by atoms with Gasteiger partial charge in [0.25, 0.3) is 0 Å². The Bertz CT molecular complexity index is 774. The number of aliphatic carboxylic acids is 1. The number of carbonyl (C=O) groups is 2. The van der Waals surface area contributed by atoms with Gasteiger partial charge in [-0.3, -0.25) is 9.59 Å². The lowest BCUT2D eigenvalue weighted by atomic mass is 10.0. The molecule has 2 aromatic rings. The molecule has 0 radical (unpaired) electrons. The highest BCUT2D eigenvalue weighted by molar-refractivity contribution is 6.33. The van der Waals surface area contributed by atoms with E-state index in [0.29, 0.717) is 40.5 Å². The summed E-state index contributed by atoms with van der Waals surface area (Å²) in [7, 11) is 0. The molecule has 0 aliphatic carbocycles. The van der Waals surface area contributed by atoms with E-state index in [1.165, 1.54) is 0 Å². The Hall–Kier alpha value is -2.07. The van der Waals surface area contributed by atoms with Crippen molar-refractivity contribution in [3.8, 4) is 0 Å². The second-order valence-corrected chi connectivity index (χ2v) is 6.08. The number of carbonyl (C=O) groups excluding carboxylic acids is 1. The third kappa shape index (κ3) is 2.15. The highest BCUT2D eigenvalue weighted by Gasteiger charge is 2.36. The number of hydrogen-bond acceptors (Lipinski definition) is 2. The van der Waals surface area contributed by atoms with Crippen LogP contribution in [-0.2, 0) is 11.3 Å². The summed E-state index contributed by atoms with van der Waals surface area (Å²) in [5, 5.41) is 9.72. The molecule has 114 valence electrons. The fourth-order valence-corrected chi connectivity index (χ4v) is 3.40. The van der Waals surface area contributed by atoms with Crippen LogP contribution in [-0.4, -0.2) is 21.4 Å². The Morgan fingerprint density at radius 1 is 1.23 bits per heavy atom. The second-order valence-electron chi connectivity index (χ2n) is 5.70. The fourth-order valence-electron chi connectivity index (χ4n) is 3.08. The summed E-state index contributed by atoms with van der Waals surface area (Å²) in [5.74, 6) is -1.64. The maximum Gasteiger partial charge on any atom is 0.312 e. The summed E-state index contributed by atoms with van der Waals surface area (Å²) in [4.78, 5) is 24.2. The lowest BCUT2D eigenvalue weighted by Crippen LogP contribution is -2.11. The third-order valence-corrected chi connectivity index (χ3v) is 4.75. The Kier molecular flexibility index (Phi) is 3.57. The van der Waals surface area contributed by atoms with Gasteiger partial charge in [0.05, 0.1) is 16.4 Å². The zero-order valence-corrected chi connectivity index (χ0v) is 13.1. The predicted molar refractivity (Wildman–Crippen MR) is 83.8 cm³/mol. The molecule has 1 aliphatic heterocycles. The first-order valence-corrected chi connectivity index (χ1v) is 7.52. The minimum Gasteiger partial charge on any atom is -0.481 e. The molecule has 4 nitrogen and oxygen atoms in total. The quantitative estimate of drug-likeness (QED) is 0.880. The minimum absolute atomic E-state index is 0.114. The van der Waals surface area contributed by atoms with E-state index in [1.54, 1.807) is 23.6 Å². The molecule has 2 heterocycles. The minimum atomic E-state index is -0.896. The predicted octanol–water partition coefficient (Wildman–Crippen LogP) is 3.56. The largest absolute Gasteiger partial charge is 0.481 e. The number of carboxylic acids is 1. The van der Waals surface area contributed by atoms with Gasteiger partial charge in [0, 0.05) is 12.1 Å². The molecule has 0 saturated heterocycles. The molecular formula is C17H16ClNO3. The van der Waals surface area contributed by atoms with Gasteiger partial charge in [0.2, 0.25) is 5.78 Å². The molecule has 22 heavy (non-hydrogen) atoms. The number of aromatic nitrogens is 1. The molecule has 1 aliphatic rings. The van der Waals surface area contributed by atoms with E-state index in [2.05, 4.69) is 0 Å². The van der Waals surface area contributed by atoms with Crippen LogP contribution in [0.4, 0.5) is 0 Å². The molecule has 0 amide bonds. The van der Waals surface area contributed by atoms with E-state index in [0.717, 1.165) is 5.56 Å². The van der Waals surface area contributed by atoms with Gasteiger partial charge < -0.3 is 9.67 Å². The summed E-state index contributed by atoms with van der Waals surface area (Å²) in [6.45, 7) is 4.24. The Labute approximate surface area is 133 Å². The number of halogens is 1. The molecule has 1 aromatic carbocycles. The maximum absolute atomic E-state index is 12.8. The number of carboxylic acid groups (broad SMARTS) is 1. The molecule has 0 spiro atoms. The van der Waals surface area contributed by atoms with Crippen molar-refractivity contribution in [3.05, 3.63) is 57.4 Å². The monoisotopic (exact) mass is 317 g/mol. The van der Waals surface area contributed by atoms with Crippen LogP contribution in [0.2, 0.25) is 5.02 Å². The molecule has 1 aromatic heterocycles. The fraction of sp³-hybridized carbons (Fsp3) is 0.294. The van der Waals surface area contributed by atoms with Crippen molar-refractivity contribution < 1.29 is 14.7 Å². The smallest absolute Gasteiger partial charge is 0.312 e.